The Morgan fingerprint density at radius 2 is 1.63 bits per heavy atom. The van der Waals surface area contributed by atoms with Crippen LogP contribution in [0.4, 0.5) is 0 Å². The Hall–Kier alpha value is -3.10. The summed E-state index contributed by atoms with van der Waals surface area (Å²) in [6.07, 6.45) is 3.15. The van der Waals surface area contributed by atoms with E-state index in [-0.39, 0.29) is 24.7 Å². The second-order valence-corrected chi connectivity index (χ2v) is 11.0. The van der Waals surface area contributed by atoms with E-state index in [1.165, 1.54) is 7.11 Å². The number of aliphatic carboxylic acids is 1. The summed E-state index contributed by atoms with van der Waals surface area (Å²) in [6, 6.07) is 11.2. The molecular weight excluding hydrogens is 574 g/mol. The molecule has 5 rings (SSSR count). The molecule has 3 aliphatic rings. The van der Waals surface area contributed by atoms with Crippen LogP contribution in [-0.4, -0.2) is 41.2 Å². The van der Waals surface area contributed by atoms with E-state index in [0.717, 1.165) is 10.0 Å². The van der Waals surface area contributed by atoms with Crippen LogP contribution in [0.25, 0.3) is 0 Å². The Kier molecular flexibility index (Phi) is 7.63. The molecule has 7 nitrogen and oxygen atoms in total. The molecule has 0 unspecified atom stereocenters. The summed E-state index contributed by atoms with van der Waals surface area (Å²) < 4.78 is 12.7. The van der Waals surface area contributed by atoms with Gasteiger partial charge in [0.05, 0.1) is 12.1 Å². The Labute approximate surface area is 234 Å². The van der Waals surface area contributed by atoms with Crippen molar-refractivity contribution in [2.45, 2.75) is 51.0 Å². The van der Waals surface area contributed by atoms with E-state index in [4.69, 9.17) is 21.1 Å². The number of hydrogen-bond acceptors (Lipinski definition) is 6. The van der Waals surface area contributed by atoms with Gasteiger partial charge in [-0.3, -0.25) is 14.4 Å². The summed E-state index contributed by atoms with van der Waals surface area (Å²) >= 11 is 10.2. The topological polar surface area (TPSA) is 93.1 Å². The number of hydrogen-bond donors (Lipinski definition) is 1. The maximum absolute atomic E-state index is 13.4. The largest absolute Gasteiger partial charge is 0.493 e. The number of carbonyl (C=O) groups is 3. The number of methoxy groups -OCH3 is 1. The van der Waals surface area contributed by atoms with Gasteiger partial charge in [0.15, 0.2) is 23.1 Å². The molecule has 0 saturated carbocycles. The minimum Gasteiger partial charge on any atom is -0.493 e. The molecule has 0 aromatic heterocycles. The zero-order chi connectivity index (χ0) is 27.0. The summed E-state index contributed by atoms with van der Waals surface area (Å²) in [5.41, 5.74) is 4.00. The molecule has 0 amide bonds. The summed E-state index contributed by atoms with van der Waals surface area (Å²) in [4.78, 5) is 40.2. The van der Waals surface area contributed by atoms with Crippen LogP contribution in [0, 0.1) is 0 Å². The quantitative estimate of drug-likeness (QED) is 0.405. The molecule has 0 atom stereocenters. The van der Waals surface area contributed by atoms with E-state index in [2.05, 4.69) is 15.9 Å². The smallest absolute Gasteiger partial charge is 0.323 e. The van der Waals surface area contributed by atoms with Crippen molar-refractivity contribution in [3.8, 4) is 11.5 Å². The third-order valence-corrected chi connectivity index (χ3v) is 8.07. The van der Waals surface area contributed by atoms with Gasteiger partial charge < -0.3 is 19.5 Å². The fourth-order valence-corrected chi connectivity index (χ4v) is 6.20. The van der Waals surface area contributed by atoms with Crippen molar-refractivity contribution in [3.05, 3.63) is 79.6 Å². The fourth-order valence-electron chi connectivity index (χ4n) is 5.66. The Morgan fingerprint density at radius 3 is 2.18 bits per heavy atom. The summed E-state index contributed by atoms with van der Waals surface area (Å²) in [5.74, 6) is -0.997. The number of ether oxygens (including phenoxy) is 2. The first-order chi connectivity index (χ1) is 18.3. The van der Waals surface area contributed by atoms with Crippen LogP contribution in [0.1, 0.15) is 55.6 Å². The van der Waals surface area contributed by atoms with Crippen LogP contribution in [0.5, 0.6) is 11.5 Å². The second kappa shape index (κ2) is 10.9. The monoisotopic (exact) mass is 599 g/mol. The van der Waals surface area contributed by atoms with Crippen LogP contribution in [0.3, 0.4) is 0 Å². The number of carboxylic acid groups (broad SMARTS) is 1. The van der Waals surface area contributed by atoms with Gasteiger partial charge in [0, 0.05) is 45.8 Å². The number of Topliss-reactive ketones (excluding diaryl/α,β-unsaturated/α-hetero) is 2. The van der Waals surface area contributed by atoms with Crippen LogP contribution in [-0.2, 0) is 21.0 Å². The number of carboxylic acids is 1. The maximum atomic E-state index is 13.4. The predicted molar refractivity (Wildman–Crippen MR) is 145 cm³/mol. The maximum Gasteiger partial charge on any atom is 0.323 e. The highest BCUT2D eigenvalue weighted by Gasteiger charge is 2.44. The number of halogens is 2. The zero-order valence-electron chi connectivity index (χ0n) is 20.9. The number of allylic oxidation sites excluding steroid dienone is 4. The third kappa shape index (κ3) is 4.99. The van der Waals surface area contributed by atoms with Gasteiger partial charge in [-0.1, -0.05) is 39.7 Å². The Balaban J connectivity index is 1.60. The van der Waals surface area contributed by atoms with Gasteiger partial charge in [-0.2, -0.15) is 0 Å². The van der Waals surface area contributed by atoms with Crippen LogP contribution < -0.4 is 9.47 Å². The summed E-state index contributed by atoms with van der Waals surface area (Å²) in [7, 11) is 1.52. The Morgan fingerprint density at radius 1 is 1.03 bits per heavy atom. The van der Waals surface area contributed by atoms with Crippen molar-refractivity contribution < 1.29 is 29.0 Å². The summed E-state index contributed by atoms with van der Waals surface area (Å²) in [5, 5.41) is 9.94. The molecule has 198 valence electrons. The minimum absolute atomic E-state index is 0.0674. The highest BCUT2D eigenvalue weighted by Crippen LogP contribution is 2.51. The molecule has 2 aliphatic carbocycles. The fraction of sp³-hybridized carbons (Fsp3) is 0.345. The zero-order valence-corrected chi connectivity index (χ0v) is 23.2. The number of nitrogens with zero attached hydrogens (tertiary/aromatic N) is 1. The molecule has 9 heteroatoms. The number of rotatable bonds is 7. The lowest BCUT2D eigenvalue weighted by molar-refractivity contribution is -0.138. The second-order valence-electron chi connectivity index (χ2n) is 9.64. The van der Waals surface area contributed by atoms with Crippen molar-refractivity contribution >= 4 is 45.1 Å². The van der Waals surface area contributed by atoms with Crippen molar-refractivity contribution in [2.75, 3.05) is 13.7 Å². The molecule has 38 heavy (non-hydrogen) atoms. The number of ketones is 2. The van der Waals surface area contributed by atoms with Gasteiger partial charge in [-0.15, -0.1) is 0 Å². The first-order valence-corrected chi connectivity index (χ1v) is 13.7. The van der Waals surface area contributed by atoms with Crippen LogP contribution >= 0.6 is 27.5 Å². The number of benzene rings is 2. The van der Waals surface area contributed by atoms with Crippen LogP contribution in [0.15, 0.2) is 63.4 Å². The van der Waals surface area contributed by atoms with Gasteiger partial charge in [-0.05, 0) is 61.1 Å². The van der Waals surface area contributed by atoms with Gasteiger partial charge in [-0.25, -0.2) is 0 Å². The first-order valence-electron chi connectivity index (χ1n) is 12.5. The van der Waals surface area contributed by atoms with E-state index in [0.29, 0.717) is 83.2 Å². The lowest BCUT2D eigenvalue weighted by atomic mass is 9.71. The molecule has 2 aromatic carbocycles. The molecule has 1 aliphatic heterocycles. The number of carbonyl (C=O) groups excluding carboxylic acids is 2. The van der Waals surface area contributed by atoms with Crippen molar-refractivity contribution in [3.63, 3.8) is 0 Å². The van der Waals surface area contributed by atoms with Gasteiger partial charge in [0.2, 0.25) is 0 Å². The van der Waals surface area contributed by atoms with E-state index < -0.39 is 11.9 Å². The normalized spacial score (nSPS) is 17.9. The Bertz CT molecular complexity index is 1340. The lowest BCUT2D eigenvalue weighted by Gasteiger charge is -2.43. The molecule has 1 N–H and O–H groups in total. The predicted octanol–water partition coefficient (Wildman–Crippen LogP) is 6.19. The van der Waals surface area contributed by atoms with Gasteiger partial charge >= 0.3 is 5.97 Å². The molecular formula is C29H27BrClNO6. The van der Waals surface area contributed by atoms with E-state index >= 15 is 0 Å². The van der Waals surface area contributed by atoms with E-state index in [1.54, 1.807) is 17.0 Å². The summed E-state index contributed by atoms with van der Waals surface area (Å²) in [6.45, 7) is -0.00425. The van der Waals surface area contributed by atoms with Crippen molar-refractivity contribution in [2.24, 2.45) is 0 Å². The third-order valence-electron chi connectivity index (χ3n) is 7.26. The van der Waals surface area contributed by atoms with Crippen molar-refractivity contribution in [1.29, 1.82) is 0 Å². The molecule has 0 fully saturated rings. The van der Waals surface area contributed by atoms with Crippen molar-refractivity contribution in [1.82, 2.24) is 4.90 Å². The molecule has 0 saturated heterocycles. The molecule has 2 aromatic rings. The molecule has 0 spiro atoms. The standard InChI is InChI=1S/C29H27BrClNO6/c1-37-24-13-17(12-19(31)29(24)38-15-16-8-10-18(30)11-9-16)26-27-20(4-2-6-22(27)33)32(14-25(35)36)21-5-3-7-23(34)28(21)26/h8-13,26H,2-7,14-15H2,1H3,(H,35,36). The SMILES string of the molecule is COc1cc(C2C3=C(CCCC3=O)N(CC(=O)O)C3=C2C(=O)CCC3)cc(Cl)c1OCc1ccc(Br)cc1. The average molecular weight is 601 g/mol. The average Bonchev–Trinajstić information content (AvgIpc) is 2.89. The lowest BCUT2D eigenvalue weighted by Crippen LogP contribution is -2.41. The van der Waals surface area contributed by atoms with E-state index in [9.17, 15) is 19.5 Å². The first kappa shape index (κ1) is 26.5. The van der Waals surface area contributed by atoms with Gasteiger partial charge in [0.1, 0.15) is 13.2 Å². The van der Waals surface area contributed by atoms with E-state index in [1.807, 2.05) is 24.3 Å². The van der Waals surface area contributed by atoms with Gasteiger partial charge in [0.25, 0.3) is 0 Å². The molecule has 1 heterocycles. The highest BCUT2D eigenvalue weighted by molar-refractivity contribution is 9.10. The highest BCUT2D eigenvalue weighted by atomic mass is 79.9. The minimum atomic E-state index is -1.00. The molecule has 0 bridgehead atoms. The van der Waals surface area contributed by atoms with Crippen LogP contribution in [0.2, 0.25) is 5.02 Å². The molecule has 0 radical (unpaired) electrons.